The number of hydrogen-bond donors (Lipinski definition) is 1. The van der Waals surface area contributed by atoms with Crippen LogP contribution in [0.15, 0.2) is 16.4 Å². The van der Waals surface area contributed by atoms with Gasteiger partial charge in [0.2, 0.25) is 0 Å². The van der Waals surface area contributed by atoms with Crippen LogP contribution in [0.1, 0.15) is 6.42 Å². The van der Waals surface area contributed by atoms with E-state index in [1.165, 1.54) is 5.57 Å². The maximum atomic E-state index is 8.60. The number of oxime groups is 1. The van der Waals surface area contributed by atoms with Gasteiger partial charge in [-0.05, 0) is 5.57 Å². The van der Waals surface area contributed by atoms with Crippen LogP contribution < -0.4 is 0 Å². The first-order chi connectivity index (χ1) is 6.01. The third-order valence-corrected chi connectivity index (χ3v) is 3.04. The van der Waals surface area contributed by atoms with E-state index in [2.05, 4.69) is 30.5 Å². The molecule has 0 saturated carbocycles. The molecule has 1 heterocycles. The SMILES string of the molecule is C[Si](C)(C)/C=C1/COC/C(=N\O)C1. The lowest BCUT2D eigenvalue weighted by atomic mass is 10.1. The molecule has 74 valence electrons. The summed E-state index contributed by atoms with van der Waals surface area (Å²) < 4.78 is 5.29. The summed E-state index contributed by atoms with van der Waals surface area (Å²) in [6.07, 6.45) is 0.779. The molecule has 1 rings (SSSR count). The van der Waals surface area contributed by atoms with Crippen molar-refractivity contribution in [1.29, 1.82) is 0 Å². The fourth-order valence-electron chi connectivity index (χ4n) is 1.43. The maximum Gasteiger partial charge on any atom is 0.0889 e. The fourth-order valence-corrected chi connectivity index (χ4v) is 2.84. The number of rotatable bonds is 1. The minimum absolute atomic E-state index is 0.472. The van der Waals surface area contributed by atoms with E-state index in [9.17, 15) is 0 Å². The van der Waals surface area contributed by atoms with E-state index in [0.29, 0.717) is 13.2 Å². The van der Waals surface area contributed by atoms with Gasteiger partial charge in [0.1, 0.15) is 0 Å². The average Bonchev–Trinajstić information content (AvgIpc) is 2.01. The smallest absolute Gasteiger partial charge is 0.0889 e. The van der Waals surface area contributed by atoms with Crippen molar-refractivity contribution < 1.29 is 9.94 Å². The van der Waals surface area contributed by atoms with Gasteiger partial charge >= 0.3 is 0 Å². The first-order valence-electron chi connectivity index (χ1n) is 4.49. The van der Waals surface area contributed by atoms with Crippen molar-refractivity contribution in [3.63, 3.8) is 0 Å². The highest BCUT2D eigenvalue weighted by molar-refractivity contribution is 6.81. The van der Waals surface area contributed by atoms with Gasteiger partial charge in [-0.25, -0.2) is 0 Å². The minimum atomic E-state index is -1.17. The molecule has 0 spiro atoms. The molecule has 1 saturated heterocycles. The third kappa shape index (κ3) is 3.74. The van der Waals surface area contributed by atoms with Crippen LogP contribution in [-0.4, -0.2) is 32.2 Å². The van der Waals surface area contributed by atoms with E-state index in [0.717, 1.165) is 12.1 Å². The van der Waals surface area contributed by atoms with Crippen molar-refractivity contribution in [3.05, 3.63) is 11.3 Å². The van der Waals surface area contributed by atoms with Crippen LogP contribution in [0.5, 0.6) is 0 Å². The van der Waals surface area contributed by atoms with Gasteiger partial charge in [-0.1, -0.05) is 30.5 Å². The Kier molecular flexibility index (Phi) is 3.27. The van der Waals surface area contributed by atoms with Gasteiger partial charge in [0.25, 0.3) is 0 Å². The van der Waals surface area contributed by atoms with Crippen LogP contribution >= 0.6 is 0 Å². The molecule has 0 aromatic heterocycles. The molecule has 1 aliphatic rings. The summed E-state index contributed by atoms with van der Waals surface area (Å²) in [6, 6.07) is 0. The van der Waals surface area contributed by atoms with E-state index in [1.54, 1.807) is 0 Å². The van der Waals surface area contributed by atoms with Crippen LogP contribution in [0.3, 0.4) is 0 Å². The van der Waals surface area contributed by atoms with Gasteiger partial charge in [0, 0.05) is 6.42 Å². The Bertz CT molecular complexity index is 240. The second-order valence-electron chi connectivity index (χ2n) is 4.50. The van der Waals surface area contributed by atoms with Crippen molar-refractivity contribution in [2.75, 3.05) is 13.2 Å². The standard InChI is InChI=1S/C9H17NO2Si/c1-13(2,3)7-8-4-9(10-11)6-12-5-8/h7,11H,4-6H2,1-3H3/b8-7+,10-9-. The summed E-state index contributed by atoms with van der Waals surface area (Å²) in [4.78, 5) is 0. The highest BCUT2D eigenvalue weighted by Crippen LogP contribution is 2.15. The Hall–Kier alpha value is -0.613. The molecule has 0 unspecified atom stereocenters. The van der Waals surface area contributed by atoms with Gasteiger partial charge in [-0.15, -0.1) is 0 Å². The molecular weight excluding hydrogens is 182 g/mol. The topological polar surface area (TPSA) is 41.8 Å². The maximum absolute atomic E-state index is 8.60. The summed E-state index contributed by atoms with van der Waals surface area (Å²) in [7, 11) is -1.17. The Morgan fingerprint density at radius 3 is 2.62 bits per heavy atom. The van der Waals surface area contributed by atoms with Crippen molar-refractivity contribution >= 4 is 13.8 Å². The van der Waals surface area contributed by atoms with Crippen LogP contribution in [0.4, 0.5) is 0 Å². The Labute approximate surface area is 80.1 Å². The average molecular weight is 199 g/mol. The summed E-state index contributed by atoms with van der Waals surface area (Å²) in [5.41, 5.74) is 4.31. The largest absolute Gasteiger partial charge is 0.411 e. The summed E-state index contributed by atoms with van der Waals surface area (Å²) >= 11 is 0. The fraction of sp³-hybridized carbons (Fsp3) is 0.667. The minimum Gasteiger partial charge on any atom is -0.411 e. The van der Waals surface area contributed by atoms with Gasteiger partial charge in [-0.2, -0.15) is 0 Å². The summed E-state index contributed by atoms with van der Waals surface area (Å²) in [5, 5.41) is 11.8. The molecule has 0 bridgehead atoms. The quantitative estimate of drug-likeness (QED) is 0.399. The summed E-state index contributed by atoms with van der Waals surface area (Å²) in [5.74, 6) is 0. The Morgan fingerprint density at radius 1 is 1.38 bits per heavy atom. The molecule has 4 heteroatoms. The highest BCUT2D eigenvalue weighted by atomic mass is 28.3. The summed E-state index contributed by atoms with van der Waals surface area (Å²) in [6.45, 7) is 8.02. The van der Waals surface area contributed by atoms with Crippen molar-refractivity contribution in [2.24, 2.45) is 5.16 Å². The van der Waals surface area contributed by atoms with Crippen LogP contribution in [0, 0.1) is 0 Å². The number of ether oxygens (including phenoxy) is 1. The Morgan fingerprint density at radius 2 is 2.08 bits per heavy atom. The van der Waals surface area contributed by atoms with Crippen molar-refractivity contribution in [3.8, 4) is 0 Å². The lowest BCUT2D eigenvalue weighted by Gasteiger charge is -2.19. The number of hydrogen-bond acceptors (Lipinski definition) is 3. The molecule has 1 fully saturated rings. The molecule has 1 N–H and O–H groups in total. The second-order valence-corrected chi connectivity index (χ2v) is 9.53. The van der Waals surface area contributed by atoms with Gasteiger partial charge in [0.05, 0.1) is 27.0 Å². The lowest BCUT2D eigenvalue weighted by molar-refractivity contribution is 0.179. The second kappa shape index (κ2) is 4.06. The van der Waals surface area contributed by atoms with Crippen molar-refractivity contribution in [1.82, 2.24) is 0 Å². The highest BCUT2D eigenvalue weighted by Gasteiger charge is 2.16. The molecular formula is C9H17NO2Si. The van der Waals surface area contributed by atoms with E-state index >= 15 is 0 Å². The van der Waals surface area contributed by atoms with Gasteiger partial charge in [0.15, 0.2) is 0 Å². The normalized spacial score (nSPS) is 25.5. The first-order valence-corrected chi connectivity index (χ1v) is 8.07. The molecule has 0 aliphatic carbocycles. The third-order valence-electron chi connectivity index (χ3n) is 1.77. The zero-order valence-electron chi connectivity index (χ0n) is 8.50. The molecule has 0 radical (unpaired) electrons. The van der Waals surface area contributed by atoms with E-state index in [4.69, 9.17) is 9.94 Å². The predicted molar refractivity (Wildman–Crippen MR) is 56.1 cm³/mol. The van der Waals surface area contributed by atoms with E-state index < -0.39 is 8.07 Å². The van der Waals surface area contributed by atoms with Crippen LogP contribution in [0.2, 0.25) is 19.6 Å². The molecule has 0 atom stereocenters. The number of nitrogens with zero attached hydrogens (tertiary/aromatic N) is 1. The molecule has 0 aromatic rings. The lowest BCUT2D eigenvalue weighted by Crippen LogP contribution is -2.24. The first kappa shape index (κ1) is 10.5. The molecule has 0 amide bonds. The van der Waals surface area contributed by atoms with Gasteiger partial charge < -0.3 is 9.94 Å². The van der Waals surface area contributed by atoms with Gasteiger partial charge in [-0.3, -0.25) is 0 Å². The van der Waals surface area contributed by atoms with Crippen molar-refractivity contribution in [2.45, 2.75) is 26.1 Å². The zero-order valence-corrected chi connectivity index (χ0v) is 9.50. The molecule has 3 nitrogen and oxygen atoms in total. The molecule has 0 aromatic carbocycles. The monoisotopic (exact) mass is 199 g/mol. The zero-order chi connectivity index (χ0) is 9.90. The van der Waals surface area contributed by atoms with Crippen LogP contribution in [-0.2, 0) is 4.74 Å². The van der Waals surface area contributed by atoms with Crippen LogP contribution in [0.25, 0.3) is 0 Å². The van der Waals surface area contributed by atoms with E-state index in [1.807, 2.05) is 0 Å². The predicted octanol–water partition coefficient (Wildman–Crippen LogP) is 2.04. The molecule has 1 aliphatic heterocycles. The Balaban J connectivity index is 2.67. The van der Waals surface area contributed by atoms with E-state index in [-0.39, 0.29) is 0 Å². The molecule has 13 heavy (non-hydrogen) atoms.